The van der Waals surface area contributed by atoms with Gasteiger partial charge in [-0.25, -0.2) is 9.97 Å². The molecule has 32 heavy (non-hydrogen) atoms. The van der Waals surface area contributed by atoms with Crippen LogP contribution in [-0.4, -0.2) is 21.7 Å². The fraction of sp³-hybridized carbons (Fsp3) is 0.308. The highest BCUT2D eigenvalue weighted by molar-refractivity contribution is 6.00. The molecule has 0 spiro atoms. The molecule has 0 atom stereocenters. The number of ether oxygens (including phenoxy) is 1. The van der Waals surface area contributed by atoms with Crippen LogP contribution in [0.4, 0.5) is 5.69 Å². The Labute approximate surface area is 188 Å². The predicted molar refractivity (Wildman–Crippen MR) is 123 cm³/mol. The lowest BCUT2D eigenvalue weighted by atomic mass is 9.89. The number of carbonyl (C=O) groups is 2. The summed E-state index contributed by atoms with van der Waals surface area (Å²) in [7, 11) is 0. The molecule has 1 amide bonds. The van der Waals surface area contributed by atoms with E-state index in [0.717, 1.165) is 24.2 Å². The molecule has 4 rings (SSSR count). The van der Waals surface area contributed by atoms with E-state index in [2.05, 4.69) is 21.4 Å². The van der Waals surface area contributed by atoms with Gasteiger partial charge < -0.3 is 10.1 Å². The second-order valence-corrected chi connectivity index (χ2v) is 8.22. The monoisotopic (exact) mass is 429 g/mol. The molecule has 6 nitrogen and oxygen atoms in total. The van der Waals surface area contributed by atoms with Gasteiger partial charge in [0.1, 0.15) is 5.75 Å². The van der Waals surface area contributed by atoms with Crippen LogP contribution in [0.3, 0.4) is 0 Å². The molecule has 1 aromatic heterocycles. The fourth-order valence-corrected chi connectivity index (χ4v) is 3.95. The van der Waals surface area contributed by atoms with Crippen molar-refractivity contribution in [3.8, 4) is 11.8 Å². The number of nitrogens with zero attached hydrogens (tertiary/aromatic N) is 2. The number of hydrogen-bond donors (Lipinski definition) is 1. The number of fused-ring (bicyclic) bond motifs is 1. The summed E-state index contributed by atoms with van der Waals surface area (Å²) in [4.78, 5) is 33.4. The maximum absolute atomic E-state index is 12.5. The Balaban J connectivity index is 1.29. The van der Waals surface area contributed by atoms with Crippen molar-refractivity contribution in [2.45, 2.75) is 52.4 Å². The number of nitrogens with one attached hydrogen (secondary N) is 1. The number of Topliss-reactive ketones (excluding diaryl/α,β-unsaturated/α-hetero) is 1. The van der Waals surface area contributed by atoms with E-state index in [0.29, 0.717) is 23.0 Å². The van der Waals surface area contributed by atoms with Crippen molar-refractivity contribution in [2.24, 2.45) is 0 Å². The molecule has 1 aliphatic carbocycles. The summed E-state index contributed by atoms with van der Waals surface area (Å²) in [6.07, 6.45) is 4.85. The first-order valence-electron chi connectivity index (χ1n) is 11.0. The Morgan fingerprint density at radius 1 is 0.875 bits per heavy atom. The summed E-state index contributed by atoms with van der Waals surface area (Å²) in [5.74, 6) is 0.393. The van der Waals surface area contributed by atoms with E-state index in [-0.39, 0.29) is 24.5 Å². The van der Waals surface area contributed by atoms with Gasteiger partial charge in [0.05, 0.1) is 0 Å². The summed E-state index contributed by atoms with van der Waals surface area (Å²) in [5, 5.41) is 2.83. The van der Waals surface area contributed by atoms with Crippen molar-refractivity contribution in [2.75, 3.05) is 5.32 Å². The molecular weight excluding hydrogens is 402 g/mol. The third kappa shape index (κ3) is 5.58. The van der Waals surface area contributed by atoms with Crippen molar-refractivity contribution >= 4 is 17.4 Å². The average molecular weight is 430 g/mol. The predicted octanol–water partition coefficient (Wildman–Crippen LogP) is 5.37. The van der Waals surface area contributed by atoms with Crippen LogP contribution in [0.25, 0.3) is 0 Å². The maximum Gasteiger partial charge on any atom is 0.322 e. The summed E-state index contributed by atoms with van der Waals surface area (Å²) in [5.41, 5.74) is 5.64. The number of aromatic nitrogens is 2. The maximum atomic E-state index is 12.5. The van der Waals surface area contributed by atoms with E-state index in [1.54, 1.807) is 24.3 Å². The lowest BCUT2D eigenvalue weighted by Gasteiger charge is -2.16. The summed E-state index contributed by atoms with van der Waals surface area (Å²) in [6.45, 7) is 3.77. The van der Waals surface area contributed by atoms with Gasteiger partial charge in [0.2, 0.25) is 5.91 Å². The zero-order chi connectivity index (χ0) is 22.5. The molecule has 3 aromatic rings. The zero-order valence-electron chi connectivity index (χ0n) is 18.5. The number of ketones is 1. The van der Waals surface area contributed by atoms with Crippen LogP contribution in [0.2, 0.25) is 0 Å². The van der Waals surface area contributed by atoms with E-state index in [1.165, 1.54) is 24.0 Å². The lowest BCUT2D eigenvalue weighted by Crippen LogP contribution is -2.14. The molecule has 0 aliphatic heterocycles. The van der Waals surface area contributed by atoms with E-state index < -0.39 is 0 Å². The number of hydrogen-bond acceptors (Lipinski definition) is 5. The Morgan fingerprint density at radius 2 is 1.56 bits per heavy atom. The van der Waals surface area contributed by atoms with Crippen LogP contribution >= 0.6 is 0 Å². The second-order valence-electron chi connectivity index (χ2n) is 8.22. The molecule has 2 aromatic carbocycles. The van der Waals surface area contributed by atoms with Gasteiger partial charge in [0, 0.05) is 35.5 Å². The molecule has 0 saturated carbocycles. The van der Waals surface area contributed by atoms with Crippen LogP contribution in [0.1, 0.15) is 58.6 Å². The van der Waals surface area contributed by atoms with Crippen molar-refractivity contribution in [1.29, 1.82) is 0 Å². The van der Waals surface area contributed by atoms with Crippen molar-refractivity contribution < 1.29 is 14.3 Å². The number of amides is 1. The number of carbonyl (C=O) groups excluding carboxylic acids is 2. The van der Waals surface area contributed by atoms with E-state index in [9.17, 15) is 9.59 Å². The molecular formula is C26H27N3O3. The number of rotatable bonds is 7. The Bertz CT molecular complexity index is 1120. The average Bonchev–Trinajstić information content (AvgIpc) is 2.78. The number of aryl methyl sites for hydroxylation is 4. The smallest absolute Gasteiger partial charge is 0.322 e. The third-order valence-corrected chi connectivity index (χ3v) is 5.56. The zero-order valence-corrected chi connectivity index (χ0v) is 18.5. The van der Waals surface area contributed by atoms with Gasteiger partial charge in [-0.3, -0.25) is 9.59 Å². The molecule has 0 bridgehead atoms. The quantitative estimate of drug-likeness (QED) is 0.511. The van der Waals surface area contributed by atoms with Crippen molar-refractivity contribution in [3.63, 3.8) is 0 Å². The number of benzene rings is 2. The van der Waals surface area contributed by atoms with Crippen LogP contribution in [-0.2, 0) is 17.6 Å². The van der Waals surface area contributed by atoms with Gasteiger partial charge in [0.15, 0.2) is 5.78 Å². The first-order valence-corrected chi connectivity index (χ1v) is 11.0. The highest BCUT2D eigenvalue weighted by atomic mass is 16.5. The van der Waals surface area contributed by atoms with E-state index in [4.69, 9.17) is 4.74 Å². The van der Waals surface area contributed by atoms with E-state index in [1.807, 2.05) is 32.0 Å². The second kappa shape index (κ2) is 9.73. The molecule has 0 fully saturated rings. The van der Waals surface area contributed by atoms with Gasteiger partial charge in [-0.15, -0.1) is 0 Å². The minimum Gasteiger partial charge on any atom is -0.424 e. The Kier molecular flexibility index (Phi) is 6.59. The summed E-state index contributed by atoms with van der Waals surface area (Å²) >= 11 is 0. The van der Waals surface area contributed by atoms with Gasteiger partial charge in [-0.1, -0.05) is 12.1 Å². The standard InChI is InChI=1S/C26H27N3O3/c1-17-15-18(2)28-26(27-17)32-23-11-9-22(10-12-23)29-25(31)14-13-24(30)21-8-7-19-5-3-4-6-20(19)16-21/h7-12,15-16H,3-6,13-14H2,1-2H3,(H,29,31). The van der Waals surface area contributed by atoms with Crippen LogP contribution < -0.4 is 10.1 Å². The minimum atomic E-state index is -0.192. The topological polar surface area (TPSA) is 81.2 Å². The van der Waals surface area contributed by atoms with Crippen LogP contribution in [0.15, 0.2) is 48.5 Å². The minimum absolute atomic E-state index is 0.00530. The highest BCUT2D eigenvalue weighted by Gasteiger charge is 2.14. The number of anilines is 1. The van der Waals surface area contributed by atoms with Crippen molar-refractivity contribution in [1.82, 2.24) is 9.97 Å². The molecule has 1 aliphatic rings. The summed E-state index contributed by atoms with van der Waals surface area (Å²) in [6, 6.07) is 15.1. The van der Waals surface area contributed by atoms with Gasteiger partial charge in [-0.2, -0.15) is 0 Å². The normalized spacial score (nSPS) is 12.7. The fourth-order valence-electron chi connectivity index (χ4n) is 3.95. The Morgan fingerprint density at radius 3 is 2.28 bits per heavy atom. The lowest BCUT2D eigenvalue weighted by molar-refractivity contribution is -0.116. The van der Waals surface area contributed by atoms with Gasteiger partial charge >= 0.3 is 6.01 Å². The highest BCUT2D eigenvalue weighted by Crippen LogP contribution is 2.24. The SMILES string of the molecule is Cc1cc(C)nc(Oc2ccc(NC(=O)CCC(=O)c3ccc4c(c3)CCCC4)cc2)n1. The van der Waals surface area contributed by atoms with Crippen molar-refractivity contribution in [3.05, 3.63) is 76.6 Å². The molecule has 1 heterocycles. The first-order chi connectivity index (χ1) is 15.5. The van der Waals surface area contributed by atoms with Gasteiger partial charge in [-0.05, 0) is 87.1 Å². The van der Waals surface area contributed by atoms with Crippen LogP contribution in [0, 0.1) is 13.8 Å². The molecule has 164 valence electrons. The Hall–Kier alpha value is -3.54. The molecule has 0 saturated heterocycles. The summed E-state index contributed by atoms with van der Waals surface area (Å²) < 4.78 is 5.69. The molecule has 0 radical (unpaired) electrons. The van der Waals surface area contributed by atoms with E-state index >= 15 is 0 Å². The van der Waals surface area contributed by atoms with Gasteiger partial charge in [0.25, 0.3) is 0 Å². The molecule has 6 heteroatoms. The largest absolute Gasteiger partial charge is 0.424 e. The third-order valence-electron chi connectivity index (χ3n) is 5.56. The first kappa shape index (κ1) is 21.7. The molecule has 0 unspecified atom stereocenters. The van der Waals surface area contributed by atoms with Crippen LogP contribution in [0.5, 0.6) is 11.8 Å². The molecule has 1 N–H and O–H groups in total.